The number of aliphatic hydroxyl groups excluding tert-OH is 1. The lowest BCUT2D eigenvalue weighted by Crippen LogP contribution is -2.49. The minimum absolute atomic E-state index is 0.0746. The van der Waals surface area contributed by atoms with Crippen LogP contribution in [-0.2, 0) is 9.59 Å². The number of carboxylic acids is 1. The minimum Gasteiger partial charge on any atom is -0.481 e. The molecule has 1 aromatic rings. The Kier molecular flexibility index (Phi) is 7.64. The molecule has 0 aromatic heterocycles. The van der Waals surface area contributed by atoms with E-state index in [9.17, 15) is 14.7 Å². The van der Waals surface area contributed by atoms with E-state index in [0.29, 0.717) is 23.8 Å². The van der Waals surface area contributed by atoms with Crippen LogP contribution in [0.1, 0.15) is 6.42 Å². The van der Waals surface area contributed by atoms with Crippen LogP contribution in [0, 0.1) is 5.92 Å². The highest BCUT2D eigenvalue weighted by Gasteiger charge is 2.26. The highest BCUT2D eigenvalue weighted by molar-refractivity contribution is 6.30. The first-order chi connectivity index (χ1) is 12.0. The number of rotatable bonds is 8. The van der Waals surface area contributed by atoms with Crippen molar-refractivity contribution in [1.29, 1.82) is 0 Å². The summed E-state index contributed by atoms with van der Waals surface area (Å²) in [5.41, 5.74) is 0.594. The Hall–Kier alpha value is -1.67. The molecule has 3 N–H and O–H groups in total. The molecule has 1 atom stereocenters. The Morgan fingerprint density at radius 3 is 2.28 bits per heavy atom. The van der Waals surface area contributed by atoms with E-state index in [0.717, 1.165) is 26.2 Å². The van der Waals surface area contributed by atoms with Crippen molar-refractivity contribution >= 4 is 29.2 Å². The number of hydrogen-bond donors (Lipinski definition) is 3. The van der Waals surface area contributed by atoms with E-state index >= 15 is 0 Å². The molecule has 1 aromatic carbocycles. The predicted molar refractivity (Wildman–Crippen MR) is 95.8 cm³/mol. The number of β-amino-alcohol motifs (C(OH)–C–C–N with tert-alkyl or cyclic N) is 1. The van der Waals surface area contributed by atoms with Crippen LogP contribution >= 0.6 is 11.6 Å². The molecule has 2 rings (SSSR count). The summed E-state index contributed by atoms with van der Waals surface area (Å²) in [5.74, 6) is -2.05. The molecule has 0 saturated carbocycles. The van der Waals surface area contributed by atoms with Crippen molar-refractivity contribution in [3.63, 3.8) is 0 Å². The van der Waals surface area contributed by atoms with Crippen molar-refractivity contribution in [2.45, 2.75) is 6.42 Å². The summed E-state index contributed by atoms with van der Waals surface area (Å²) in [6.07, 6.45) is -0.0746. The molecule has 0 unspecified atom stereocenters. The average molecular weight is 370 g/mol. The number of aliphatic hydroxyl groups is 1. The molecule has 138 valence electrons. The van der Waals surface area contributed by atoms with Crippen LogP contribution in [0.3, 0.4) is 0 Å². The number of piperazine rings is 1. The van der Waals surface area contributed by atoms with Crippen LogP contribution in [0.2, 0.25) is 5.02 Å². The maximum atomic E-state index is 12.1. The third kappa shape index (κ3) is 6.62. The van der Waals surface area contributed by atoms with Gasteiger partial charge in [-0.25, -0.2) is 0 Å². The molecule has 1 heterocycles. The first kappa shape index (κ1) is 19.7. The zero-order valence-corrected chi connectivity index (χ0v) is 14.8. The molecule has 8 heteroatoms. The fraction of sp³-hybridized carbons (Fsp3) is 0.529. The molecule has 25 heavy (non-hydrogen) atoms. The van der Waals surface area contributed by atoms with Gasteiger partial charge in [0.05, 0.1) is 12.5 Å². The van der Waals surface area contributed by atoms with Crippen LogP contribution in [0.4, 0.5) is 5.69 Å². The van der Waals surface area contributed by atoms with E-state index in [2.05, 4.69) is 15.1 Å². The molecule has 1 saturated heterocycles. The highest BCUT2D eigenvalue weighted by Crippen LogP contribution is 2.15. The fourth-order valence-electron chi connectivity index (χ4n) is 2.85. The number of halogens is 1. The molecule has 0 bridgehead atoms. The number of aliphatic carboxylic acids is 1. The number of carboxylic acid groups (broad SMARTS) is 1. The van der Waals surface area contributed by atoms with Gasteiger partial charge in [-0.15, -0.1) is 0 Å². The van der Waals surface area contributed by atoms with Crippen molar-refractivity contribution in [3.8, 4) is 0 Å². The largest absolute Gasteiger partial charge is 0.481 e. The third-order valence-electron chi connectivity index (χ3n) is 4.27. The summed E-state index contributed by atoms with van der Waals surface area (Å²) in [6, 6.07) is 6.68. The van der Waals surface area contributed by atoms with E-state index in [1.807, 2.05) is 0 Å². The van der Waals surface area contributed by atoms with Gasteiger partial charge in [0.1, 0.15) is 0 Å². The SMILES string of the molecule is O=C(C[C@@H](CN1CCN(CCO)CC1)C(=O)O)Nc1ccc(Cl)cc1. The number of nitrogens with zero attached hydrogens (tertiary/aromatic N) is 2. The zero-order valence-electron chi connectivity index (χ0n) is 14.0. The summed E-state index contributed by atoms with van der Waals surface area (Å²) in [4.78, 5) is 27.8. The van der Waals surface area contributed by atoms with Crippen molar-refractivity contribution < 1.29 is 19.8 Å². The van der Waals surface area contributed by atoms with Crippen molar-refractivity contribution in [3.05, 3.63) is 29.3 Å². The van der Waals surface area contributed by atoms with Gasteiger partial charge in [-0.2, -0.15) is 0 Å². The topological polar surface area (TPSA) is 93.1 Å². The molecule has 0 radical (unpaired) electrons. The normalized spacial score (nSPS) is 17.2. The van der Waals surface area contributed by atoms with Gasteiger partial charge >= 0.3 is 5.97 Å². The molecule has 7 nitrogen and oxygen atoms in total. The smallest absolute Gasteiger partial charge is 0.308 e. The number of carbonyl (C=O) groups is 2. The molecule has 1 aliphatic heterocycles. The molecular weight excluding hydrogens is 346 g/mol. The maximum absolute atomic E-state index is 12.1. The Bertz CT molecular complexity index is 574. The summed E-state index contributed by atoms with van der Waals surface area (Å²) in [6.45, 7) is 4.18. The van der Waals surface area contributed by atoms with Gasteiger partial charge in [0.2, 0.25) is 5.91 Å². The first-order valence-electron chi connectivity index (χ1n) is 8.31. The van der Waals surface area contributed by atoms with Gasteiger partial charge in [0, 0.05) is 56.4 Å². The average Bonchev–Trinajstić information content (AvgIpc) is 2.58. The Balaban J connectivity index is 1.83. The summed E-state index contributed by atoms with van der Waals surface area (Å²) < 4.78 is 0. The Morgan fingerprint density at radius 1 is 1.12 bits per heavy atom. The second kappa shape index (κ2) is 9.72. The molecule has 1 amide bonds. The van der Waals surface area contributed by atoms with Gasteiger partial charge in [0.25, 0.3) is 0 Å². The van der Waals surface area contributed by atoms with E-state index < -0.39 is 11.9 Å². The van der Waals surface area contributed by atoms with Crippen LogP contribution in [0.5, 0.6) is 0 Å². The van der Waals surface area contributed by atoms with Crippen LogP contribution in [0.15, 0.2) is 24.3 Å². The number of amides is 1. The van der Waals surface area contributed by atoms with Gasteiger partial charge in [-0.1, -0.05) is 11.6 Å². The molecular formula is C17H24ClN3O4. The maximum Gasteiger partial charge on any atom is 0.308 e. The molecule has 1 aliphatic rings. The standard InChI is InChI=1S/C17H24ClN3O4/c18-14-1-3-15(4-2-14)19-16(23)11-13(17(24)25)12-21-7-5-20(6-8-21)9-10-22/h1-4,13,22H,5-12H2,(H,19,23)(H,24,25)/t13-/m0/s1. The molecule has 0 aliphatic carbocycles. The molecule has 1 fully saturated rings. The van der Waals surface area contributed by atoms with Crippen molar-refractivity contribution in [1.82, 2.24) is 9.80 Å². The zero-order chi connectivity index (χ0) is 18.2. The van der Waals surface area contributed by atoms with Gasteiger partial charge in [-0.3, -0.25) is 19.4 Å². The number of benzene rings is 1. The van der Waals surface area contributed by atoms with Crippen LogP contribution in [-0.4, -0.2) is 77.8 Å². The lowest BCUT2D eigenvalue weighted by molar-refractivity contribution is -0.144. The second-order valence-corrected chi connectivity index (χ2v) is 6.60. The first-order valence-corrected chi connectivity index (χ1v) is 8.69. The van der Waals surface area contributed by atoms with Gasteiger partial charge < -0.3 is 15.5 Å². The quantitative estimate of drug-likeness (QED) is 0.632. The van der Waals surface area contributed by atoms with Crippen LogP contribution < -0.4 is 5.32 Å². The second-order valence-electron chi connectivity index (χ2n) is 6.16. The number of anilines is 1. The number of hydrogen-bond acceptors (Lipinski definition) is 5. The van der Waals surface area contributed by atoms with E-state index in [1.165, 1.54) is 0 Å². The summed E-state index contributed by atoms with van der Waals surface area (Å²) in [7, 11) is 0. The predicted octanol–water partition coefficient (Wildman–Crippen LogP) is 0.979. The minimum atomic E-state index is -0.968. The van der Waals surface area contributed by atoms with Crippen molar-refractivity contribution in [2.24, 2.45) is 5.92 Å². The fourth-order valence-corrected chi connectivity index (χ4v) is 2.97. The van der Waals surface area contributed by atoms with Gasteiger partial charge in [0.15, 0.2) is 0 Å². The lowest BCUT2D eigenvalue weighted by Gasteiger charge is -2.35. The van der Waals surface area contributed by atoms with Crippen LogP contribution in [0.25, 0.3) is 0 Å². The Morgan fingerprint density at radius 2 is 1.72 bits per heavy atom. The summed E-state index contributed by atoms with van der Waals surface area (Å²) >= 11 is 5.80. The third-order valence-corrected chi connectivity index (χ3v) is 4.52. The van der Waals surface area contributed by atoms with E-state index in [1.54, 1.807) is 24.3 Å². The Labute approximate surface area is 152 Å². The summed E-state index contributed by atoms with van der Waals surface area (Å²) in [5, 5.41) is 21.6. The van der Waals surface area contributed by atoms with E-state index in [-0.39, 0.29) is 18.9 Å². The molecule has 0 spiro atoms. The van der Waals surface area contributed by atoms with Crippen molar-refractivity contribution in [2.75, 3.05) is 51.2 Å². The highest BCUT2D eigenvalue weighted by atomic mass is 35.5. The number of nitrogens with one attached hydrogen (secondary N) is 1. The lowest BCUT2D eigenvalue weighted by atomic mass is 10.0. The number of carbonyl (C=O) groups excluding carboxylic acids is 1. The monoisotopic (exact) mass is 369 g/mol. The van der Waals surface area contributed by atoms with Gasteiger partial charge in [-0.05, 0) is 24.3 Å². The van der Waals surface area contributed by atoms with E-state index in [4.69, 9.17) is 16.7 Å².